The normalized spacial score (nSPS) is 12.5. The summed E-state index contributed by atoms with van der Waals surface area (Å²) in [5.41, 5.74) is 0.460. The lowest BCUT2D eigenvalue weighted by atomic mass is 10.2. The van der Waals surface area contributed by atoms with E-state index in [1.807, 2.05) is 0 Å². The van der Waals surface area contributed by atoms with Gasteiger partial charge in [-0.3, -0.25) is 4.57 Å². The Bertz CT molecular complexity index is 846. The molecule has 0 aliphatic carbocycles. The van der Waals surface area contributed by atoms with Crippen LogP contribution < -0.4 is 4.74 Å². The highest BCUT2D eigenvalue weighted by molar-refractivity contribution is 7.60. The van der Waals surface area contributed by atoms with Crippen LogP contribution in [0.1, 0.15) is 33.3 Å². The maximum atomic E-state index is 13.5. The van der Waals surface area contributed by atoms with Crippen molar-refractivity contribution in [3.8, 4) is 5.75 Å². The molecule has 0 aliphatic rings. The molecule has 0 saturated heterocycles. The van der Waals surface area contributed by atoms with E-state index in [0.29, 0.717) is 5.56 Å². The number of hydrogen-bond donors (Lipinski definition) is 0. The molecule has 0 aliphatic heterocycles. The lowest BCUT2D eigenvalue weighted by molar-refractivity contribution is -0.129. The zero-order valence-electron chi connectivity index (χ0n) is 16.3. The van der Waals surface area contributed by atoms with Crippen LogP contribution in [0.4, 0.5) is 4.39 Å². The Kier molecular flexibility index (Phi) is 7.69. The first-order chi connectivity index (χ1) is 13.2. The molecule has 2 aromatic carbocycles. The molecular weight excluding hydrogens is 382 g/mol. The lowest BCUT2D eigenvalue weighted by Crippen LogP contribution is -2.17. The summed E-state index contributed by atoms with van der Waals surface area (Å²) in [6.07, 6.45) is 0.410. The number of para-hydroxylation sites is 1. The van der Waals surface area contributed by atoms with Crippen molar-refractivity contribution in [3.05, 3.63) is 71.3 Å². The van der Waals surface area contributed by atoms with Gasteiger partial charge in [0.05, 0.1) is 12.2 Å². The molecule has 0 heterocycles. The van der Waals surface area contributed by atoms with Crippen LogP contribution in [0.25, 0.3) is 6.08 Å². The van der Waals surface area contributed by atoms with Crippen LogP contribution in [0, 0.1) is 5.82 Å². The fourth-order valence-corrected chi connectivity index (χ4v) is 4.27. The predicted octanol–water partition coefficient (Wildman–Crippen LogP) is 5.82. The molecule has 7 heteroatoms. The summed E-state index contributed by atoms with van der Waals surface area (Å²) in [6, 6.07) is 13.8. The summed E-state index contributed by atoms with van der Waals surface area (Å²) < 4.78 is 43.3. The van der Waals surface area contributed by atoms with E-state index in [1.54, 1.807) is 58.0 Å². The molecule has 0 saturated carbocycles. The van der Waals surface area contributed by atoms with Gasteiger partial charge in [-0.2, -0.15) is 0 Å². The van der Waals surface area contributed by atoms with Crippen molar-refractivity contribution in [3.63, 3.8) is 0 Å². The third-order valence-corrected chi connectivity index (χ3v) is 5.63. The molecule has 0 spiro atoms. The van der Waals surface area contributed by atoms with E-state index >= 15 is 0 Å². The smallest absolute Gasteiger partial charge is 0.369 e. The number of hydrogen-bond acceptors (Lipinski definition) is 5. The van der Waals surface area contributed by atoms with Crippen LogP contribution >= 0.6 is 7.60 Å². The molecule has 0 bridgehead atoms. The highest BCUT2D eigenvalue weighted by Crippen LogP contribution is 2.58. The van der Waals surface area contributed by atoms with Gasteiger partial charge in [-0.15, -0.1) is 0 Å². The molecule has 0 atom stereocenters. The molecule has 28 heavy (non-hydrogen) atoms. The van der Waals surface area contributed by atoms with Gasteiger partial charge in [0.2, 0.25) is 0 Å². The molecule has 0 aromatic heterocycles. The van der Waals surface area contributed by atoms with E-state index in [9.17, 15) is 13.8 Å². The second-order valence-corrected chi connectivity index (χ2v) is 8.49. The summed E-state index contributed by atoms with van der Waals surface area (Å²) in [4.78, 5) is 12.9. The second kappa shape index (κ2) is 9.78. The van der Waals surface area contributed by atoms with E-state index < -0.39 is 31.6 Å². The zero-order valence-corrected chi connectivity index (χ0v) is 17.2. The number of halogens is 1. The fourth-order valence-electron chi connectivity index (χ4n) is 2.31. The van der Waals surface area contributed by atoms with Crippen molar-refractivity contribution >= 4 is 19.6 Å². The molecule has 150 valence electrons. The van der Waals surface area contributed by atoms with Crippen molar-refractivity contribution in [1.82, 2.24) is 0 Å². The first-order valence-corrected chi connectivity index (χ1v) is 10.5. The third kappa shape index (κ3) is 6.41. The van der Waals surface area contributed by atoms with E-state index in [-0.39, 0.29) is 11.1 Å². The average Bonchev–Trinajstić information content (AvgIpc) is 2.60. The number of esters is 1. The number of rotatable bonds is 8. The van der Waals surface area contributed by atoms with Crippen LogP contribution in [0.15, 0.2) is 59.9 Å². The molecule has 2 aromatic rings. The summed E-state index contributed by atoms with van der Waals surface area (Å²) >= 11 is 0. The van der Waals surface area contributed by atoms with E-state index in [4.69, 9.17) is 13.8 Å². The molecule has 0 radical (unpaired) electrons. The molecule has 0 unspecified atom stereocenters. The van der Waals surface area contributed by atoms with Crippen molar-refractivity contribution in [2.45, 2.75) is 39.9 Å². The Labute approximate surface area is 164 Å². The van der Waals surface area contributed by atoms with Gasteiger partial charge in [0, 0.05) is 0 Å². The van der Waals surface area contributed by atoms with Crippen molar-refractivity contribution in [1.29, 1.82) is 0 Å². The minimum atomic E-state index is -4.02. The first kappa shape index (κ1) is 22.0. The predicted molar refractivity (Wildman–Crippen MR) is 107 cm³/mol. The first-order valence-electron chi connectivity index (χ1n) is 8.91. The lowest BCUT2D eigenvalue weighted by Gasteiger charge is -2.24. The van der Waals surface area contributed by atoms with E-state index in [2.05, 4.69) is 0 Å². The summed E-state index contributed by atoms with van der Waals surface area (Å²) in [6.45, 7) is 6.76. The van der Waals surface area contributed by atoms with Crippen LogP contribution in [-0.2, 0) is 18.4 Å². The quantitative estimate of drug-likeness (QED) is 0.239. The topological polar surface area (TPSA) is 61.8 Å². The standard InChI is InChI=1S/C21H24FO5P/c1-15(2)26-28(24,27-16(3)4)20(14-17-10-12-18(22)13-11-17)21(23)25-19-8-6-5-7-9-19/h5-16H,1-4H3/b20-14+. The number of ether oxygens (including phenoxy) is 1. The Morgan fingerprint density at radius 3 is 1.96 bits per heavy atom. The minimum Gasteiger partial charge on any atom is -0.423 e. The Hall–Kier alpha value is -2.27. The Morgan fingerprint density at radius 2 is 1.46 bits per heavy atom. The van der Waals surface area contributed by atoms with Gasteiger partial charge in [-0.05, 0) is 63.6 Å². The largest absolute Gasteiger partial charge is 0.423 e. The van der Waals surface area contributed by atoms with Crippen LogP contribution in [-0.4, -0.2) is 18.2 Å². The minimum absolute atomic E-state index is 0.259. The van der Waals surface area contributed by atoms with Crippen molar-refractivity contribution in [2.75, 3.05) is 0 Å². The van der Waals surface area contributed by atoms with Crippen molar-refractivity contribution < 1.29 is 27.5 Å². The SMILES string of the molecule is CC(C)OP(=O)(OC(C)C)/C(=C/c1ccc(F)cc1)C(=O)Oc1ccccc1. The monoisotopic (exact) mass is 406 g/mol. The van der Waals surface area contributed by atoms with Gasteiger partial charge in [0.25, 0.3) is 0 Å². The van der Waals surface area contributed by atoms with Gasteiger partial charge in [-0.1, -0.05) is 30.3 Å². The maximum Gasteiger partial charge on any atom is 0.369 e. The molecule has 5 nitrogen and oxygen atoms in total. The summed E-state index contributed by atoms with van der Waals surface area (Å²) in [5, 5.41) is -0.259. The molecular formula is C21H24FO5P. The summed E-state index contributed by atoms with van der Waals surface area (Å²) in [5.74, 6) is -0.996. The molecule has 0 N–H and O–H groups in total. The van der Waals surface area contributed by atoms with Gasteiger partial charge in [0.1, 0.15) is 16.9 Å². The Balaban J connectivity index is 2.50. The molecule has 0 fully saturated rings. The molecule has 0 amide bonds. The van der Waals surface area contributed by atoms with Gasteiger partial charge >= 0.3 is 13.6 Å². The van der Waals surface area contributed by atoms with Crippen molar-refractivity contribution in [2.24, 2.45) is 0 Å². The second-order valence-electron chi connectivity index (χ2n) is 6.59. The van der Waals surface area contributed by atoms with E-state index in [0.717, 1.165) is 0 Å². The average molecular weight is 406 g/mol. The zero-order chi connectivity index (χ0) is 20.7. The highest BCUT2D eigenvalue weighted by Gasteiger charge is 2.38. The fraction of sp³-hybridized carbons (Fsp3) is 0.286. The number of carbonyl (C=O) groups excluding carboxylic acids is 1. The highest BCUT2D eigenvalue weighted by atomic mass is 31.2. The number of benzene rings is 2. The van der Waals surface area contributed by atoms with Crippen LogP contribution in [0.2, 0.25) is 0 Å². The summed E-state index contributed by atoms with van der Waals surface area (Å²) in [7, 11) is -4.02. The van der Waals surface area contributed by atoms with Crippen LogP contribution in [0.5, 0.6) is 5.75 Å². The van der Waals surface area contributed by atoms with Gasteiger partial charge in [0.15, 0.2) is 0 Å². The van der Waals surface area contributed by atoms with Gasteiger partial charge in [-0.25, -0.2) is 9.18 Å². The van der Waals surface area contributed by atoms with E-state index in [1.165, 1.54) is 30.3 Å². The van der Waals surface area contributed by atoms with Crippen LogP contribution in [0.3, 0.4) is 0 Å². The third-order valence-electron chi connectivity index (χ3n) is 3.33. The number of carbonyl (C=O) groups is 1. The molecule has 2 rings (SSSR count). The van der Waals surface area contributed by atoms with Gasteiger partial charge < -0.3 is 13.8 Å². The Morgan fingerprint density at radius 1 is 0.929 bits per heavy atom. The maximum absolute atomic E-state index is 13.5.